The normalized spacial score (nSPS) is 10.2. The molecule has 7 heteroatoms. The van der Waals surface area contributed by atoms with Gasteiger partial charge in [-0.25, -0.2) is 0 Å². The first-order valence-corrected chi connectivity index (χ1v) is 8.09. The minimum absolute atomic E-state index is 0.0907. The highest BCUT2D eigenvalue weighted by Gasteiger charge is 2.11. The van der Waals surface area contributed by atoms with Gasteiger partial charge in [0, 0.05) is 17.3 Å². The molecule has 0 atom stereocenters. The molecule has 26 heavy (non-hydrogen) atoms. The van der Waals surface area contributed by atoms with Gasteiger partial charge in [-0.1, -0.05) is 29.8 Å². The van der Waals surface area contributed by atoms with Gasteiger partial charge in [0.1, 0.15) is 5.75 Å². The fourth-order valence-electron chi connectivity index (χ4n) is 2.13. The van der Waals surface area contributed by atoms with Crippen molar-refractivity contribution in [2.45, 2.75) is 6.92 Å². The van der Waals surface area contributed by atoms with Gasteiger partial charge in [0.25, 0.3) is 5.91 Å². The standard InChI is InChI=1S/C19H14ClN3O3/c1-12(24)13-7-9-17(15(20)11-13)26-18-10-8-16(22-23-18)19(25)21-14-5-3-2-4-6-14/h2-11H,1H3,(H,21,25). The number of Topliss-reactive ketones (excluding diaryl/α,β-unsaturated/α-hetero) is 1. The maximum Gasteiger partial charge on any atom is 0.276 e. The molecular weight excluding hydrogens is 354 g/mol. The molecule has 0 saturated heterocycles. The van der Waals surface area contributed by atoms with Crippen LogP contribution in [0.25, 0.3) is 0 Å². The largest absolute Gasteiger partial charge is 0.436 e. The summed E-state index contributed by atoms with van der Waals surface area (Å²) in [4.78, 5) is 23.5. The van der Waals surface area contributed by atoms with Crippen molar-refractivity contribution < 1.29 is 14.3 Å². The predicted octanol–water partition coefficient (Wildman–Crippen LogP) is 4.38. The van der Waals surface area contributed by atoms with Crippen LogP contribution in [0.2, 0.25) is 5.02 Å². The second-order valence-electron chi connectivity index (χ2n) is 5.38. The van der Waals surface area contributed by atoms with E-state index < -0.39 is 0 Å². The third-order valence-electron chi connectivity index (χ3n) is 3.46. The molecule has 6 nitrogen and oxygen atoms in total. The van der Waals surface area contributed by atoms with Crippen LogP contribution in [0.5, 0.6) is 11.6 Å². The Morgan fingerprint density at radius 3 is 2.38 bits per heavy atom. The molecule has 1 amide bonds. The van der Waals surface area contributed by atoms with Crippen LogP contribution in [-0.4, -0.2) is 21.9 Å². The van der Waals surface area contributed by atoms with Crippen LogP contribution < -0.4 is 10.1 Å². The molecule has 3 rings (SSSR count). The van der Waals surface area contributed by atoms with Crippen molar-refractivity contribution in [1.29, 1.82) is 0 Å². The number of amides is 1. The van der Waals surface area contributed by atoms with Gasteiger partial charge in [-0.2, -0.15) is 0 Å². The van der Waals surface area contributed by atoms with Gasteiger partial charge >= 0.3 is 0 Å². The maximum atomic E-state index is 12.1. The third kappa shape index (κ3) is 4.23. The van der Waals surface area contributed by atoms with E-state index in [1.165, 1.54) is 25.1 Å². The Morgan fingerprint density at radius 2 is 1.77 bits per heavy atom. The van der Waals surface area contributed by atoms with Crippen LogP contribution in [0, 0.1) is 0 Å². The molecule has 1 heterocycles. The minimum Gasteiger partial charge on any atom is -0.436 e. The van der Waals surface area contributed by atoms with E-state index in [0.29, 0.717) is 17.0 Å². The molecule has 1 N–H and O–H groups in total. The van der Waals surface area contributed by atoms with Crippen molar-refractivity contribution in [3.63, 3.8) is 0 Å². The molecule has 0 spiro atoms. The van der Waals surface area contributed by atoms with E-state index in [-0.39, 0.29) is 28.3 Å². The van der Waals surface area contributed by atoms with Crippen molar-refractivity contribution in [2.24, 2.45) is 0 Å². The van der Waals surface area contributed by atoms with Gasteiger partial charge < -0.3 is 10.1 Å². The van der Waals surface area contributed by atoms with Crippen LogP contribution in [0.1, 0.15) is 27.8 Å². The van der Waals surface area contributed by atoms with Gasteiger partial charge in [-0.15, -0.1) is 10.2 Å². The monoisotopic (exact) mass is 367 g/mol. The number of anilines is 1. The summed E-state index contributed by atoms with van der Waals surface area (Å²) in [6.07, 6.45) is 0. The highest BCUT2D eigenvalue weighted by Crippen LogP contribution is 2.29. The number of aromatic nitrogens is 2. The molecule has 2 aromatic carbocycles. The fraction of sp³-hybridized carbons (Fsp3) is 0.0526. The zero-order valence-electron chi connectivity index (χ0n) is 13.8. The Hall–Kier alpha value is -3.25. The van der Waals surface area contributed by atoms with Crippen LogP contribution in [0.3, 0.4) is 0 Å². The van der Waals surface area contributed by atoms with Crippen molar-refractivity contribution in [1.82, 2.24) is 10.2 Å². The average molecular weight is 368 g/mol. The van der Waals surface area contributed by atoms with Crippen molar-refractivity contribution >= 4 is 29.0 Å². The highest BCUT2D eigenvalue weighted by molar-refractivity contribution is 6.32. The smallest absolute Gasteiger partial charge is 0.276 e. The number of carbonyl (C=O) groups is 2. The Bertz CT molecular complexity index is 944. The number of halogens is 1. The molecule has 130 valence electrons. The quantitative estimate of drug-likeness (QED) is 0.677. The van der Waals surface area contributed by atoms with Crippen molar-refractivity contribution in [2.75, 3.05) is 5.32 Å². The van der Waals surface area contributed by atoms with Gasteiger partial charge in [0.2, 0.25) is 5.88 Å². The second-order valence-corrected chi connectivity index (χ2v) is 5.79. The molecule has 0 bridgehead atoms. The van der Waals surface area contributed by atoms with Gasteiger partial charge in [-0.05, 0) is 43.3 Å². The molecule has 0 aliphatic heterocycles. The molecule has 0 radical (unpaired) electrons. The van der Waals surface area contributed by atoms with Crippen LogP contribution in [0.4, 0.5) is 5.69 Å². The molecule has 0 unspecified atom stereocenters. The molecule has 0 fully saturated rings. The lowest BCUT2D eigenvalue weighted by molar-refractivity contribution is 0.101. The summed E-state index contributed by atoms with van der Waals surface area (Å²) in [5.41, 5.74) is 1.30. The summed E-state index contributed by atoms with van der Waals surface area (Å²) in [6, 6.07) is 16.8. The van der Waals surface area contributed by atoms with Gasteiger partial charge in [-0.3, -0.25) is 9.59 Å². The van der Waals surface area contributed by atoms with E-state index in [0.717, 1.165) is 0 Å². The third-order valence-corrected chi connectivity index (χ3v) is 3.75. The Balaban J connectivity index is 1.70. The number of carbonyl (C=O) groups excluding carboxylic acids is 2. The van der Waals surface area contributed by atoms with E-state index in [4.69, 9.17) is 16.3 Å². The number of para-hydroxylation sites is 1. The van der Waals surface area contributed by atoms with Gasteiger partial charge in [0.05, 0.1) is 5.02 Å². The predicted molar refractivity (Wildman–Crippen MR) is 98.0 cm³/mol. The van der Waals surface area contributed by atoms with Crippen LogP contribution in [0.15, 0.2) is 60.7 Å². The number of hydrogen-bond acceptors (Lipinski definition) is 5. The zero-order valence-corrected chi connectivity index (χ0v) is 14.5. The lowest BCUT2D eigenvalue weighted by atomic mass is 10.1. The fourth-order valence-corrected chi connectivity index (χ4v) is 2.35. The Labute approximate surface area is 154 Å². The minimum atomic E-state index is -0.376. The highest BCUT2D eigenvalue weighted by atomic mass is 35.5. The first kappa shape index (κ1) is 17.6. The lowest BCUT2D eigenvalue weighted by Crippen LogP contribution is -2.14. The molecule has 3 aromatic rings. The van der Waals surface area contributed by atoms with E-state index in [1.807, 2.05) is 18.2 Å². The molecule has 1 aromatic heterocycles. The number of benzene rings is 2. The zero-order chi connectivity index (χ0) is 18.5. The maximum absolute atomic E-state index is 12.1. The lowest BCUT2D eigenvalue weighted by Gasteiger charge is -2.08. The molecule has 0 aliphatic carbocycles. The summed E-state index contributed by atoms with van der Waals surface area (Å²) in [5, 5.41) is 10.7. The van der Waals surface area contributed by atoms with Crippen LogP contribution >= 0.6 is 11.6 Å². The number of hydrogen-bond donors (Lipinski definition) is 1. The van der Waals surface area contributed by atoms with Crippen LogP contribution in [-0.2, 0) is 0 Å². The van der Waals surface area contributed by atoms with Gasteiger partial charge in [0.15, 0.2) is 11.5 Å². The SMILES string of the molecule is CC(=O)c1ccc(Oc2ccc(C(=O)Nc3ccccc3)nn2)c(Cl)c1. The first-order valence-electron chi connectivity index (χ1n) is 7.71. The summed E-state index contributed by atoms with van der Waals surface area (Å²) >= 11 is 6.11. The number of nitrogens with zero attached hydrogens (tertiary/aromatic N) is 2. The van der Waals surface area contributed by atoms with E-state index in [1.54, 1.807) is 24.3 Å². The Kier molecular flexibility index (Phi) is 5.24. The number of ether oxygens (including phenoxy) is 1. The van der Waals surface area contributed by atoms with Crippen molar-refractivity contribution in [3.8, 4) is 11.6 Å². The second kappa shape index (κ2) is 7.76. The van der Waals surface area contributed by atoms with E-state index in [9.17, 15) is 9.59 Å². The summed E-state index contributed by atoms with van der Waals surface area (Å²) in [6.45, 7) is 1.46. The average Bonchev–Trinajstić information content (AvgIpc) is 2.64. The summed E-state index contributed by atoms with van der Waals surface area (Å²) in [5.74, 6) is 0.0531. The van der Waals surface area contributed by atoms with Crippen molar-refractivity contribution in [3.05, 3.63) is 76.9 Å². The number of rotatable bonds is 5. The number of nitrogens with one attached hydrogen (secondary N) is 1. The first-order chi connectivity index (χ1) is 12.5. The molecular formula is C19H14ClN3O3. The summed E-state index contributed by atoms with van der Waals surface area (Å²) in [7, 11) is 0. The molecule has 0 saturated carbocycles. The van der Waals surface area contributed by atoms with E-state index in [2.05, 4.69) is 15.5 Å². The summed E-state index contributed by atoms with van der Waals surface area (Å²) < 4.78 is 5.55. The van der Waals surface area contributed by atoms with E-state index >= 15 is 0 Å². The number of ketones is 1. The Morgan fingerprint density at radius 1 is 1.00 bits per heavy atom. The molecule has 0 aliphatic rings. The topological polar surface area (TPSA) is 81.2 Å².